The number of carbonyl (C=O) groups excluding carboxylic acids is 1. The molecule has 1 aromatic heterocycles. The van der Waals surface area contributed by atoms with Crippen molar-refractivity contribution in [1.82, 2.24) is 15.3 Å². The molecule has 0 aliphatic carbocycles. The van der Waals surface area contributed by atoms with Crippen LogP contribution in [0.15, 0.2) is 17.0 Å². The lowest BCUT2D eigenvalue weighted by Gasteiger charge is -2.08. The quantitative estimate of drug-likeness (QED) is 0.896. The Kier molecular flexibility index (Phi) is 3.61. The average molecular weight is 284 g/mol. The van der Waals surface area contributed by atoms with E-state index in [9.17, 15) is 18.0 Å². The van der Waals surface area contributed by atoms with Gasteiger partial charge in [0.1, 0.15) is 18.6 Å². The van der Waals surface area contributed by atoms with Gasteiger partial charge in [-0.15, -0.1) is 0 Å². The average Bonchev–Trinajstić information content (AvgIpc) is 2.14. The second kappa shape index (κ2) is 4.56. The summed E-state index contributed by atoms with van der Waals surface area (Å²) in [6.07, 6.45) is -2.09. The smallest absolute Gasteiger partial charge is 0.342 e. The van der Waals surface area contributed by atoms with Crippen LogP contribution in [0, 0.1) is 0 Å². The zero-order chi connectivity index (χ0) is 11.5. The Bertz CT molecular complexity index is 369. The van der Waals surface area contributed by atoms with E-state index in [0.29, 0.717) is 0 Å². The third kappa shape index (κ3) is 3.82. The van der Waals surface area contributed by atoms with Crippen LogP contribution in [-0.2, 0) is 0 Å². The number of hydrogen-bond acceptors (Lipinski definition) is 3. The van der Waals surface area contributed by atoms with Gasteiger partial charge in [0.2, 0.25) is 0 Å². The van der Waals surface area contributed by atoms with Crippen molar-refractivity contribution in [3.63, 3.8) is 0 Å². The van der Waals surface area contributed by atoms with Crippen LogP contribution < -0.4 is 5.32 Å². The van der Waals surface area contributed by atoms with Crippen molar-refractivity contribution in [1.29, 1.82) is 0 Å². The molecule has 4 nitrogen and oxygen atoms in total. The van der Waals surface area contributed by atoms with E-state index < -0.39 is 18.6 Å². The highest BCUT2D eigenvalue weighted by Gasteiger charge is 2.28. The molecule has 0 radical (unpaired) electrons. The zero-order valence-electron chi connectivity index (χ0n) is 7.18. The SMILES string of the molecule is O=C(NCC(F)(F)F)c1ncncc1Br. The fourth-order valence-electron chi connectivity index (χ4n) is 0.744. The molecule has 15 heavy (non-hydrogen) atoms. The summed E-state index contributed by atoms with van der Waals surface area (Å²) in [4.78, 5) is 18.3. The van der Waals surface area contributed by atoms with E-state index in [4.69, 9.17) is 0 Å². The lowest BCUT2D eigenvalue weighted by atomic mass is 10.4. The summed E-state index contributed by atoms with van der Waals surface area (Å²) in [5, 5.41) is 1.70. The van der Waals surface area contributed by atoms with E-state index in [-0.39, 0.29) is 10.2 Å². The minimum absolute atomic E-state index is 0.130. The van der Waals surface area contributed by atoms with Crippen LogP contribution in [0.1, 0.15) is 10.5 Å². The molecule has 0 aromatic carbocycles. The van der Waals surface area contributed by atoms with Crippen LogP contribution >= 0.6 is 15.9 Å². The molecule has 0 aliphatic rings. The Morgan fingerprint density at radius 2 is 2.20 bits per heavy atom. The van der Waals surface area contributed by atoms with Crippen molar-refractivity contribution in [2.24, 2.45) is 0 Å². The Morgan fingerprint density at radius 3 is 2.73 bits per heavy atom. The summed E-state index contributed by atoms with van der Waals surface area (Å²) in [7, 11) is 0. The van der Waals surface area contributed by atoms with E-state index in [1.54, 1.807) is 5.32 Å². The van der Waals surface area contributed by atoms with Crippen molar-refractivity contribution in [3.8, 4) is 0 Å². The number of hydrogen-bond donors (Lipinski definition) is 1. The minimum atomic E-state index is -4.44. The van der Waals surface area contributed by atoms with Gasteiger partial charge in [-0.1, -0.05) is 0 Å². The van der Waals surface area contributed by atoms with Gasteiger partial charge >= 0.3 is 6.18 Å². The van der Waals surface area contributed by atoms with Crippen LogP contribution in [0.2, 0.25) is 0 Å². The van der Waals surface area contributed by atoms with Gasteiger partial charge in [0, 0.05) is 6.20 Å². The number of aromatic nitrogens is 2. The number of amides is 1. The van der Waals surface area contributed by atoms with Crippen molar-refractivity contribution in [2.45, 2.75) is 6.18 Å². The fourth-order valence-corrected chi connectivity index (χ4v) is 1.14. The molecule has 8 heteroatoms. The molecule has 1 N–H and O–H groups in total. The third-order valence-corrected chi connectivity index (χ3v) is 1.91. The van der Waals surface area contributed by atoms with E-state index in [1.165, 1.54) is 6.20 Å². The van der Waals surface area contributed by atoms with Gasteiger partial charge in [0.05, 0.1) is 4.47 Å². The lowest BCUT2D eigenvalue weighted by Crippen LogP contribution is -2.34. The van der Waals surface area contributed by atoms with Crippen LogP contribution in [0.4, 0.5) is 13.2 Å². The molecule has 1 amide bonds. The second-order valence-corrected chi connectivity index (χ2v) is 3.37. The standard InChI is InChI=1S/C7H5BrF3N3O/c8-4-1-12-3-14-5(4)6(15)13-2-7(9,10)11/h1,3H,2H2,(H,13,15). The first-order valence-electron chi connectivity index (χ1n) is 3.70. The van der Waals surface area contributed by atoms with Crippen molar-refractivity contribution in [3.05, 3.63) is 22.7 Å². The zero-order valence-corrected chi connectivity index (χ0v) is 8.76. The van der Waals surface area contributed by atoms with E-state index in [2.05, 4.69) is 25.9 Å². The Balaban J connectivity index is 2.66. The molecular formula is C7H5BrF3N3O. The Morgan fingerprint density at radius 1 is 1.53 bits per heavy atom. The summed E-state index contributed by atoms with van der Waals surface area (Å²) in [6, 6.07) is 0. The first-order chi connectivity index (χ1) is 6.90. The maximum atomic E-state index is 11.8. The maximum Gasteiger partial charge on any atom is 0.405 e. The summed E-state index contributed by atoms with van der Waals surface area (Å²) < 4.78 is 35.6. The molecule has 0 bridgehead atoms. The van der Waals surface area contributed by atoms with Crippen molar-refractivity contribution < 1.29 is 18.0 Å². The van der Waals surface area contributed by atoms with Crippen LogP contribution in [0.5, 0.6) is 0 Å². The number of halogens is 4. The van der Waals surface area contributed by atoms with Crippen LogP contribution in [-0.4, -0.2) is 28.6 Å². The van der Waals surface area contributed by atoms with Gasteiger partial charge in [0.15, 0.2) is 0 Å². The van der Waals surface area contributed by atoms with Crippen molar-refractivity contribution in [2.75, 3.05) is 6.54 Å². The van der Waals surface area contributed by atoms with Crippen molar-refractivity contribution >= 4 is 21.8 Å². The predicted octanol–water partition coefficient (Wildman–Crippen LogP) is 1.53. The monoisotopic (exact) mass is 283 g/mol. The third-order valence-electron chi connectivity index (χ3n) is 1.33. The predicted molar refractivity (Wildman–Crippen MR) is 48.1 cm³/mol. The summed E-state index contributed by atoms with van der Waals surface area (Å²) in [5.41, 5.74) is -0.130. The molecule has 0 saturated heterocycles. The highest BCUT2D eigenvalue weighted by molar-refractivity contribution is 9.10. The first-order valence-corrected chi connectivity index (χ1v) is 4.50. The van der Waals surface area contributed by atoms with Gasteiger partial charge < -0.3 is 5.32 Å². The molecular weight excluding hydrogens is 279 g/mol. The van der Waals surface area contributed by atoms with E-state index in [1.807, 2.05) is 0 Å². The molecule has 1 rings (SSSR count). The second-order valence-electron chi connectivity index (χ2n) is 2.52. The topological polar surface area (TPSA) is 54.9 Å². The molecule has 0 unspecified atom stereocenters. The normalized spacial score (nSPS) is 11.2. The lowest BCUT2D eigenvalue weighted by molar-refractivity contribution is -0.123. The fraction of sp³-hybridized carbons (Fsp3) is 0.286. The molecule has 0 atom stereocenters. The van der Waals surface area contributed by atoms with Gasteiger partial charge in [-0.05, 0) is 15.9 Å². The number of nitrogens with zero attached hydrogens (tertiary/aromatic N) is 2. The van der Waals surface area contributed by atoms with Gasteiger partial charge in [-0.25, -0.2) is 9.97 Å². The molecule has 1 aromatic rings. The summed E-state index contributed by atoms with van der Waals surface area (Å²) in [6.45, 7) is -1.39. The van der Waals surface area contributed by atoms with Crippen LogP contribution in [0.25, 0.3) is 0 Å². The number of rotatable bonds is 2. The molecule has 0 saturated carbocycles. The van der Waals surface area contributed by atoms with E-state index >= 15 is 0 Å². The molecule has 82 valence electrons. The van der Waals surface area contributed by atoms with Gasteiger partial charge in [0.25, 0.3) is 5.91 Å². The largest absolute Gasteiger partial charge is 0.405 e. The minimum Gasteiger partial charge on any atom is -0.342 e. The van der Waals surface area contributed by atoms with Crippen LogP contribution in [0.3, 0.4) is 0 Å². The molecule has 0 spiro atoms. The number of nitrogens with one attached hydrogen (secondary N) is 1. The number of carbonyl (C=O) groups is 1. The molecule has 1 heterocycles. The molecule has 0 fully saturated rings. The number of alkyl halides is 3. The highest BCUT2D eigenvalue weighted by atomic mass is 79.9. The highest BCUT2D eigenvalue weighted by Crippen LogP contribution is 2.14. The maximum absolute atomic E-state index is 11.8. The van der Waals surface area contributed by atoms with Gasteiger partial charge in [-0.2, -0.15) is 13.2 Å². The summed E-state index contributed by atoms with van der Waals surface area (Å²) >= 11 is 2.95. The summed E-state index contributed by atoms with van der Waals surface area (Å²) in [5.74, 6) is -0.901. The first kappa shape index (κ1) is 11.9. The van der Waals surface area contributed by atoms with E-state index in [0.717, 1.165) is 6.33 Å². The van der Waals surface area contributed by atoms with Gasteiger partial charge in [-0.3, -0.25) is 4.79 Å². The Hall–Kier alpha value is -1.18. The Labute approximate surface area is 91.0 Å². The molecule has 0 aliphatic heterocycles.